The topological polar surface area (TPSA) is 52.7 Å². The molecule has 0 bridgehead atoms. The summed E-state index contributed by atoms with van der Waals surface area (Å²) in [7, 11) is 0. The summed E-state index contributed by atoms with van der Waals surface area (Å²) in [5, 5.41) is 3.19. The number of likely N-dealkylation sites (tertiary alicyclic amines) is 1. The number of amides is 2. The number of benzene rings is 1. The average Bonchev–Trinajstić information content (AvgIpc) is 2.99. The number of carbonyl (C=O) groups is 2. The van der Waals surface area contributed by atoms with Gasteiger partial charge in [-0.3, -0.25) is 9.69 Å². The van der Waals surface area contributed by atoms with Gasteiger partial charge in [0.1, 0.15) is 0 Å². The van der Waals surface area contributed by atoms with Crippen molar-refractivity contribution in [3.63, 3.8) is 0 Å². The lowest BCUT2D eigenvalue weighted by Gasteiger charge is -2.40. The molecule has 1 N–H and O–H groups in total. The van der Waals surface area contributed by atoms with Crippen molar-refractivity contribution in [3.05, 3.63) is 35.9 Å². The SMILES string of the molecule is O=C(CN1CCC(N2C(=O)N[C@@H]3CCCC[C@@H]32)CC1)c1ccccc1. The summed E-state index contributed by atoms with van der Waals surface area (Å²) in [5.41, 5.74) is 0.786. The van der Waals surface area contributed by atoms with E-state index in [0.29, 0.717) is 24.7 Å². The highest BCUT2D eigenvalue weighted by Gasteiger charge is 2.44. The van der Waals surface area contributed by atoms with E-state index in [-0.39, 0.29) is 11.8 Å². The third kappa shape index (κ3) is 3.43. The van der Waals surface area contributed by atoms with E-state index in [2.05, 4.69) is 15.1 Å². The van der Waals surface area contributed by atoms with Crippen molar-refractivity contribution in [1.29, 1.82) is 0 Å². The smallest absolute Gasteiger partial charge is 0.318 e. The summed E-state index contributed by atoms with van der Waals surface area (Å²) in [6, 6.07) is 10.7. The Balaban J connectivity index is 1.32. The van der Waals surface area contributed by atoms with Crippen molar-refractivity contribution >= 4 is 11.8 Å². The number of nitrogens with zero attached hydrogens (tertiary/aromatic N) is 2. The second-order valence-electron chi connectivity index (χ2n) is 7.61. The van der Waals surface area contributed by atoms with Gasteiger partial charge in [-0.1, -0.05) is 43.2 Å². The van der Waals surface area contributed by atoms with Crippen molar-refractivity contribution in [2.45, 2.75) is 56.7 Å². The third-order valence-corrected chi connectivity index (χ3v) is 6.04. The Morgan fingerprint density at radius 2 is 1.76 bits per heavy atom. The molecule has 1 aromatic carbocycles. The lowest BCUT2D eigenvalue weighted by molar-refractivity contribution is 0.0813. The molecule has 4 rings (SSSR count). The van der Waals surface area contributed by atoms with Gasteiger partial charge in [0.05, 0.1) is 18.6 Å². The first kappa shape index (κ1) is 16.6. The van der Waals surface area contributed by atoms with Crippen LogP contribution in [-0.4, -0.2) is 59.4 Å². The van der Waals surface area contributed by atoms with E-state index in [0.717, 1.165) is 44.3 Å². The zero-order chi connectivity index (χ0) is 17.2. The van der Waals surface area contributed by atoms with E-state index < -0.39 is 0 Å². The molecule has 25 heavy (non-hydrogen) atoms. The second-order valence-corrected chi connectivity index (χ2v) is 7.61. The van der Waals surface area contributed by atoms with Crippen molar-refractivity contribution in [3.8, 4) is 0 Å². The Bertz CT molecular complexity index is 625. The molecular formula is C20H27N3O2. The lowest BCUT2D eigenvalue weighted by Crippen LogP contribution is -2.50. The fraction of sp³-hybridized carbons (Fsp3) is 0.600. The van der Waals surface area contributed by atoms with Crippen LogP contribution in [0, 0.1) is 0 Å². The molecular weight excluding hydrogens is 314 g/mol. The molecule has 2 aliphatic heterocycles. The van der Waals surface area contributed by atoms with Gasteiger partial charge in [0.2, 0.25) is 0 Å². The maximum atomic E-state index is 12.4. The molecule has 0 radical (unpaired) electrons. The average molecular weight is 341 g/mol. The monoisotopic (exact) mass is 341 g/mol. The predicted molar refractivity (Wildman–Crippen MR) is 96.6 cm³/mol. The quantitative estimate of drug-likeness (QED) is 0.857. The minimum Gasteiger partial charge on any atom is -0.333 e. The van der Waals surface area contributed by atoms with Gasteiger partial charge in [-0.25, -0.2) is 4.79 Å². The molecule has 1 aromatic rings. The molecule has 3 fully saturated rings. The number of urea groups is 1. The molecule has 0 spiro atoms. The first-order chi connectivity index (χ1) is 12.2. The van der Waals surface area contributed by atoms with Crippen LogP contribution in [0.25, 0.3) is 0 Å². The van der Waals surface area contributed by atoms with Crippen molar-refractivity contribution in [1.82, 2.24) is 15.1 Å². The summed E-state index contributed by atoms with van der Waals surface area (Å²) < 4.78 is 0. The molecule has 134 valence electrons. The standard InChI is InChI=1S/C20H27N3O2/c24-19(15-6-2-1-3-7-15)14-22-12-10-16(11-13-22)23-18-9-5-4-8-17(18)21-20(23)25/h1-3,6-7,16-18H,4-5,8-14H2,(H,21,25)/t17-,18+/m1/s1. The second kappa shape index (κ2) is 7.16. The minimum absolute atomic E-state index is 0.135. The number of hydrogen-bond acceptors (Lipinski definition) is 3. The zero-order valence-electron chi connectivity index (χ0n) is 14.7. The maximum absolute atomic E-state index is 12.4. The molecule has 5 heteroatoms. The summed E-state index contributed by atoms with van der Waals surface area (Å²) in [5.74, 6) is 0.185. The van der Waals surface area contributed by atoms with Gasteiger partial charge in [0, 0.05) is 24.7 Å². The van der Waals surface area contributed by atoms with Crippen LogP contribution in [0.1, 0.15) is 48.9 Å². The molecule has 1 saturated carbocycles. The Morgan fingerprint density at radius 3 is 2.52 bits per heavy atom. The largest absolute Gasteiger partial charge is 0.333 e. The first-order valence-corrected chi connectivity index (χ1v) is 9.62. The van der Waals surface area contributed by atoms with Crippen LogP contribution in [0.2, 0.25) is 0 Å². The maximum Gasteiger partial charge on any atom is 0.318 e. The number of fused-ring (bicyclic) bond motifs is 1. The normalized spacial score (nSPS) is 27.8. The van der Waals surface area contributed by atoms with Gasteiger partial charge in [-0.05, 0) is 25.7 Å². The van der Waals surface area contributed by atoms with Crippen LogP contribution in [0.3, 0.4) is 0 Å². The molecule has 0 aromatic heterocycles. The zero-order valence-corrected chi connectivity index (χ0v) is 14.7. The predicted octanol–water partition coefficient (Wildman–Crippen LogP) is 2.67. The van der Waals surface area contributed by atoms with E-state index in [9.17, 15) is 9.59 Å². The molecule has 3 aliphatic rings. The van der Waals surface area contributed by atoms with E-state index in [1.165, 1.54) is 12.8 Å². The fourth-order valence-electron chi connectivity index (χ4n) is 4.71. The Labute approximate surface area is 149 Å². The van der Waals surface area contributed by atoms with Gasteiger partial charge in [0.15, 0.2) is 5.78 Å². The number of nitrogens with one attached hydrogen (secondary N) is 1. The molecule has 1 aliphatic carbocycles. The minimum atomic E-state index is 0.135. The summed E-state index contributed by atoms with van der Waals surface area (Å²) >= 11 is 0. The summed E-state index contributed by atoms with van der Waals surface area (Å²) in [6.45, 7) is 2.27. The molecule has 2 amide bonds. The highest BCUT2D eigenvalue weighted by Crippen LogP contribution is 2.32. The van der Waals surface area contributed by atoms with Crippen molar-refractivity contribution in [2.24, 2.45) is 0 Å². The summed E-state index contributed by atoms with van der Waals surface area (Å²) in [6.07, 6.45) is 6.66. The van der Waals surface area contributed by atoms with Gasteiger partial charge in [-0.15, -0.1) is 0 Å². The molecule has 2 atom stereocenters. The lowest BCUT2D eigenvalue weighted by atomic mass is 9.89. The fourth-order valence-corrected chi connectivity index (χ4v) is 4.71. The van der Waals surface area contributed by atoms with Crippen LogP contribution < -0.4 is 5.32 Å². The van der Waals surface area contributed by atoms with E-state index in [4.69, 9.17) is 0 Å². The van der Waals surface area contributed by atoms with Crippen LogP contribution in [0.4, 0.5) is 4.79 Å². The Hall–Kier alpha value is -1.88. The number of rotatable bonds is 4. The number of ketones is 1. The van der Waals surface area contributed by atoms with Crippen LogP contribution >= 0.6 is 0 Å². The molecule has 0 unspecified atom stereocenters. The van der Waals surface area contributed by atoms with E-state index in [1.807, 2.05) is 30.3 Å². The summed E-state index contributed by atoms with van der Waals surface area (Å²) in [4.78, 5) is 29.2. The van der Waals surface area contributed by atoms with Gasteiger partial charge in [0.25, 0.3) is 0 Å². The van der Waals surface area contributed by atoms with Gasteiger partial charge < -0.3 is 10.2 Å². The van der Waals surface area contributed by atoms with Crippen LogP contribution in [0.15, 0.2) is 30.3 Å². The van der Waals surface area contributed by atoms with Gasteiger partial charge in [-0.2, -0.15) is 0 Å². The molecule has 2 saturated heterocycles. The van der Waals surface area contributed by atoms with E-state index in [1.54, 1.807) is 0 Å². The Morgan fingerprint density at radius 1 is 1.04 bits per heavy atom. The first-order valence-electron chi connectivity index (χ1n) is 9.62. The van der Waals surface area contributed by atoms with Crippen LogP contribution in [0.5, 0.6) is 0 Å². The van der Waals surface area contributed by atoms with Crippen molar-refractivity contribution < 1.29 is 9.59 Å². The van der Waals surface area contributed by atoms with E-state index >= 15 is 0 Å². The number of carbonyl (C=O) groups excluding carboxylic acids is 2. The molecule has 5 nitrogen and oxygen atoms in total. The number of Topliss-reactive ketones (excluding diaryl/α,β-unsaturated/α-hetero) is 1. The van der Waals surface area contributed by atoms with Gasteiger partial charge >= 0.3 is 6.03 Å². The van der Waals surface area contributed by atoms with Crippen LogP contribution in [-0.2, 0) is 0 Å². The third-order valence-electron chi connectivity index (χ3n) is 6.04. The Kier molecular flexibility index (Phi) is 4.75. The number of piperidine rings is 1. The highest BCUT2D eigenvalue weighted by molar-refractivity contribution is 5.97. The molecule has 2 heterocycles. The number of hydrogen-bond donors (Lipinski definition) is 1. The highest BCUT2D eigenvalue weighted by atomic mass is 16.2. The van der Waals surface area contributed by atoms with Crippen molar-refractivity contribution in [2.75, 3.05) is 19.6 Å².